The van der Waals surface area contributed by atoms with Crippen molar-refractivity contribution in [2.24, 2.45) is 7.05 Å². The van der Waals surface area contributed by atoms with Crippen LogP contribution in [0.25, 0.3) is 6.08 Å². The van der Waals surface area contributed by atoms with E-state index in [1.807, 2.05) is 0 Å². The van der Waals surface area contributed by atoms with Crippen LogP contribution in [0.1, 0.15) is 5.69 Å². The van der Waals surface area contributed by atoms with Crippen molar-refractivity contribution in [3.05, 3.63) is 28.8 Å². The van der Waals surface area contributed by atoms with E-state index >= 15 is 0 Å². The first kappa shape index (κ1) is 11.8. The summed E-state index contributed by atoms with van der Waals surface area (Å²) in [6.45, 7) is 0. The Labute approximate surface area is 111 Å². The molecule has 1 N–H and O–H groups in total. The van der Waals surface area contributed by atoms with Crippen LogP contribution in [0.4, 0.5) is 4.79 Å². The number of β-lactam (4-membered cyclic amide) rings is 1. The van der Waals surface area contributed by atoms with Gasteiger partial charge in [0.25, 0.3) is 5.91 Å². The van der Waals surface area contributed by atoms with Crippen LogP contribution in [0, 0.1) is 0 Å². The SMILES string of the molecule is Cn1cc(/C=C2/C(=O)N3C(OC(=O)O)=CS[C@@H]23)nn1. The molecule has 2 aliphatic heterocycles. The molecule has 8 nitrogen and oxygen atoms in total. The summed E-state index contributed by atoms with van der Waals surface area (Å²) in [5, 5.41) is 17.4. The molecule has 1 aromatic rings. The highest BCUT2D eigenvalue weighted by molar-refractivity contribution is 8.03. The number of carbonyl (C=O) groups is 2. The molecule has 3 rings (SSSR count). The maximum atomic E-state index is 11.9. The quantitative estimate of drug-likeness (QED) is 0.481. The van der Waals surface area contributed by atoms with E-state index in [1.165, 1.54) is 26.8 Å². The second-order valence-corrected chi connectivity index (χ2v) is 4.86. The molecule has 98 valence electrons. The summed E-state index contributed by atoms with van der Waals surface area (Å²) in [6, 6.07) is 0. The van der Waals surface area contributed by atoms with E-state index in [9.17, 15) is 9.59 Å². The molecule has 0 spiro atoms. The van der Waals surface area contributed by atoms with Gasteiger partial charge >= 0.3 is 6.16 Å². The average Bonchev–Trinajstić information content (AvgIpc) is 2.90. The molecule has 3 heterocycles. The van der Waals surface area contributed by atoms with Gasteiger partial charge in [0.1, 0.15) is 11.1 Å². The minimum atomic E-state index is -1.44. The van der Waals surface area contributed by atoms with Crippen LogP contribution in [0.3, 0.4) is 0 Å². The van der Waals surface area contributed by atoms with E-state index in [-0.39, 0.29) is 17.2 Å². The Kier molecular flexibility index (Phi) is 2.56. The first-order valence-corrected chi connectivity index (χ1v) is 6.18. The topological polar surface area (TPSA) is 97.5 Å². The van der Waals surface area contributed by atoms with E-state index in [2.05, 4.69) is 15.0 Å². The highest BCUT2D eigenvalue weighted by Crippen LogP contribution is 2.45. The maximum absolute atomic E-state index is 11.9. The lowest BCUT2D eigenvalue weighted by molar-refractivity contribution is -0.133. The summed E-state index contributed by atoms with van der Waals surface area (Å²) in [4.78, 5) is 23.7. The smallest absolute Gasteiger partial charge is 0.449 e. The third kappa shape index (κ3) is 1.87. The molecule has 0 unspecified atom stereocenters. The zero-order valence-corrected chi connectivity index (χ0v) is 10.5. The Hall–Kier alpha value is -2.29. The summed E-state index contributed by atoms with van der Waals surface area (Å²) in [7, 11) is 1.73. The van der Waals surface area contributed by atoms with Gasteiger partial charge in [0.05, 0.1) is 11.8 Å². The van der Waals surface area contributed by atoms with Gasteiger partial charge in [0.2, 0.25) is 5.88 Å². The van der Waals surface area contributed by atoms with Crippen molar-refractivity contribution in [3.8, 4) is 0 Å². The number of aryl methyl sites for hydroxylation is 1. The van der Waals surface area contributed by atoms with E-state index in [4.69, 9.17) is 5.11 Å². The van der Waals surface area contributed by atoms with Gasteiger partial charge in [-0.25, -0.2) is 4.79 Å². The second-order valence-electron chi connectivity index (χ2n) is 3.90. The van der Waals surface area contributed by atoms with Crippen molar-refractivity contribution in [2.75, 3.05) is 0 Å². The van der Waals surface area contributed by atoms with Crippen LogP contribution >= 0.6 is 11.8 Å². The molecular weight excluding hydrogens is 272 g/mol. The minimum absolute atomic E-state index is 0.0452. The first-order valence-electron chi connectivity index (χ1n) is 5.24. The van der Waals surface area contributed by atoms with Crippen LogP contribution in [0.2, 0.25) is 0 Å². The van der Waals surface area contributed by atoms with Crippen molar-refractivity contribution >= 4 is 29.9 Å². The van der Waals surface area contributed by atoms with Gasteiger partial charge in [-0.2, -0.15) is 0 Å². The van der Waals surface area contributed by atoms with Gasteiger partial charge in [-0.3, -0.25) is 14.4 Å². The number of ether oxygens (including phenoxy) is 1. The van der Waals surface area contributed by atoms with Crippen molar-refractivity contribution in [1.82, 2.24) is 19.9 Å². The number of aromatic nitrogens is 3. The van der Waals surface area contributed by atoms with Crippen molar-refractivity contribution in [3.63, 3.8) is 0 Å². The highest BCUT2D eigenvalue weighted by atomic mass is 32.2. The summed E-state index contributed by atoms with van der Waals surface area (Å²) >= 11 is 1.31. The van der Waals surface area contributed by atoms with Gasteiger partial charge in [-0.15, -0.1) is 5.10 Å². The summed E-state index contributed by atoms with van der Waals surface area (Å²) < 4.78 is 6.05. The second kappa shape index (κ2) is 4.12. The van der Waals surface area contributed by atoms with Gasteiger partial charge in [-0.05, 0) is 6.08 Å². The number of hydrogen-bond acceptors (Lipinski definition) is 6. The lowest BCUT2D eigenvalue weighted by Crippen LogP contribution is -2.50. The fraction of sp³-hybridized carbons (Fsp3) is 0.200. The first-order chi connectivity index (χ1) is 9.06. The Morgan fingerprint density at radius 2 is 2.42 bits per heavy atom. The van der Waals surface area contributed by atoms with E-state index in [0.717, 1.165) is 0 Å². The van der Waals surface area contributed by atoms with Crippen LogP contribution in [0.5, 0.6) is 0 Å². The number of carbonyl (C=O) groups excluding carboxylic acids is 1. The Morgan fingerprint density at radius 1 is 1.63 bits per heavy atom. The summed E-state index contributed by atoms with van der Waals surface area (Å²) in [6.07, 6.45) is 1.89. The molecule has 1 saturated heterocycles. The largest absolute Gasteiger partial charge is 0.512 e. The van der Waals surface area contributed by atoms with Gasteiger partial charge in [0.15, 0.2) is 0 Å². The summed E-state index contributed by atoms with van der Waals surface area (Å²) in [5.41, 5.74) is 1.13. The molecule has 0 aromatic carbocycles. The third-order valence-corrected chi connectivity index (χ3v) is 3.68. The number of carboxylic acid groups (broad SMARTS) is 1. The molecule has 1 fully saturated rings. The van der Waals surface area contributed by atoms with Crippen molar-refractivity contribution in [1.29, 1.82) is 0 Å². The Morgan fingerprint density at radius 3 is 3.05 bits per heavy atom. The molecule has 0 radical (unpaired) electrons. The zero-order chi connectivity index (χ0) is 13.6. The molecule has 1 amide bonds. The number of hydrogen-bond donors (Lipinski definition) is 1. The average molecular weight is 280 g/mol. The van der Waals surface area contributed by atoms with Gasteiger partial charge in [-0.1, -0.05) is 17.0 Å². The van der Waals surface area contributed by atoms with E-state index < -0.39 is 6.16 Å². The molecule has 2 aliphatic rings. The number of rotatable bonds is 2. The number of thioether (sulfide) groups is 1. The number of nitrogens with zero attached hydrogens (tertiary/aromatic N) is 4. The van der Waals surface area contributed by atoms with Crippen molar-refractivity contribution < 1.29 is 19.4 Å². The van der Waals surface area contributed by atoms with Gasteiger partial charge in [0, 0.05) is 12.5 Å². The van der Waals surface area contributed by atoms with Crippen LogP contribution < -0.4 is 0 Å². The van der Waals surface area contributed by atoms with Crippen LogP contribution in [0.15, 0.2) is 23.1 Å². The molecule has 1 atom stereocenters. The Bertz CT molecular complexity index is 635. The molecule has 0 saturated carbocycles. The van der Waals surface area contributed by atoms with Crippen molar-refractivity contribution in [2.45, 2.75) is 5.37 Å². The molecular formula is C10H8N4O4S. The number of fused-ring (bicyclic) bond motifs is 1. The molecule has 0 bridgehead atoms. The fourth-order valence-corrected chi connectivity index (χ4v) is 2.88. The Balaban J connectivity index is 1.79. The van der Waals surface area contributed by atoms with Gasteiger partial charge < -0.3 is 9.84 Å². The van der Waals surface area contributed by atoms with E-state index in [0.29, 0.717) is 11.3 Å². The predicted molar refractivity (Wildman–Crippen MR) is 64.4 cm³/mol. The predicted octanol–water partition coefficient (Wildman–Crippen LogP) is 0.607. The molecule has 1 aromatic heterocycles. The van der Waals surface area contributed by atoms with E-state index in [1.54, 1.807) is 19.3 Å². The molecule has 0 aliphatic carbocycles. The lowest BCUT2D eigenvalue weighted by atomic mass is 10.1. The highest BCUT2D eigenvalue weighted by Gasteiger charge is 2.49. The maximum Gasteiger partial charge on any atom is 0.512 e. The van der Waals surface area contributed by atoms with Crippen LogP contribution in [-0.4, -0.2) is 42.4 Å². The molecule has 9 heteroatoms. The molecule has 19 heavy (non-hydrogen) atoms. The minimum Gasteiger partial charge on any atom is -0.449 e. The monoisotopic (exact) mass is 280 g/mol. The summed E-state index contributed by atoms with van der Waals surface area (Å²) in [5.74, 6) is -0.239. The number of amides is 1. The zero-order valence-electron chi connectivity index (χ0n) is 9.68. The lowest BCUT2D eigenvalue weighted by Gasteiger charge is -2.36. The third-order valence-electron chi connectivity index (χ3n) is 2.62. The fourth-order valence-electron chi connectivity index (χ4n) is 1.84. The standard InChI is InChI=1S/C10H8N4O4S/c1-13-3-5(11-12-13)2-6-8(15)14-7(18-10(16)17)4-19-9(6)14/h2-4,9H,1H3,(H,16,17)/b6-2-/t9-/m0/s1. The normalized spacial score (nSPS) is 23.1. The van der Waals surface area contributed by atoms with Crippen LogP contribution in [-0.2, 0) is 16.6 Å².